The van der Waals surface area contributed by atoms with Crippen molar-refractivity contribution in [3.63, 3.8) is 0 Å². The van der Waals surface area contributed by atoms with E-state index in [4.69, 9.17) is 4.74 Å². The molecule has 0 saturated carbocycles. The summed E-state index contributed by atoms with van der Waals surface area (Å²) >= 11 is 0. The predicted molar refractivity (Wildman–Crippen MR) is 128 cm³/mol. The number of aliphatic hydroxyl groups is 1. The van der Waals surface area contributed by atoms with Crippen LogP contribution in [0.25, 0.3) is 5.76 Å². The van der Waals surface area contributed by atoms with Crippen LogP contribution in [0.2, 0.25) is 0 Å². The molecule has 1 N–H and O–H groups in total. The van der Waals surface area contributed by atoms with Crippen molar-refractivity contribution in [1.82, 2.24) is 4.90 Å². The van der Waals surface area contributed by atoms with Crippen LogP contribution in [0.5, 0.6) is 5.75 Å². The summed E-state index contributed by atoms with van der Waals surface area (Å²) in [6.07, 6.45) is 1.88. The summed E-state index contributed by atoms with van der Waals surface area (Å²) in [5, 5.41) is 11.2. The minimum absolute atomic E-state index is 0.0294. The van der Waals surface area contributed by atoms with Crippen molar-refractivity contribution in [2.45, 2.75) is 32.4 Å². The Labute approximate surface area is 198 Å². The van der Waals surface area contributed by atoms with E-state index in [9.17, 15) is 19.1 Å². The summed E-state index contributed by atoms with van der Waals surface area (Å²) in [5.41, 5.74) is 1.72. The second-order valence-electron chi connectivity index (χ2n) is 8.19. The Morgan fingerprint density at radius 3 is 2.44 bits per heavy atom. The lowest BCUT2D eigenvalue weighted by molar-refractivity contribution is -0.140. The van der Waals surface area contributed by atoms with Crippen LogP contribution in [0.15, 0.2) is 84.4 Å². The second-order valence-corrected chi connectivity index (χ2v) is 8.19. The third-order valence-electron chi connectivity index (χ3n) is 5.80. The molecule has 4 rings (SSSR count). The predicted octanol–water partition coefficient (Wildman–Crippen LogP) is 5.63. The molecule has 1 fully saturated rings. The van der Waals surface area contributed by atoms with Gasteiger partial charge in [0.2, 0.25) is 0 Å². The number of rotatable bonds is 8. The lowest BCUT2D eigenvalue weighted by atomic mass is 9.95. The van der Waals surface area contributed by atoms with Crippen LogP contribution in [-0.2, 0) is 16.1 Å². The molecular formula is C28H26FNO4. The minimum Gasteiger partial charge on any atom is -0.507 e. The van der Waals surface area contributed by atoms with Gasteiger partial charge in [0.1, 0.15) is 17.3 Å². The fourth-order valence-electron chi connectivity index (χ4n) is 4.04. The van der Waals surface area contributed by atoms with E-state index < -0.39 is 23.5 Å². The number of ether oxygens (including phenoxy) is 1. The first-order valence-corrected chi connectivity index (χ1v) is 11.3. The van der Waals surface area contributed by atoms with E-state index in [-0.39, 0.29) is 17.9 Å². The molecule has 1 heterocycles. The van der Waals surface area contributed by atoms with Crippen LogP contribution in [0.3, 0.4) is 0 Å². The highest BCUT2D eigenvalue weighted by Crippen LogP contribution is 2.40. The highest BCUT2D eigenvalue weighted by molar-refractivity contribution is 6.46. The van der Waals surface area contributed by atoms with Crippen LogP contribution >= 0.6 is 0 Å². The maximum Gasteiger partial charge on any atom is 0.295 e. The Morgan fingerprint density at radius 2 is 1.74 bits per heavy atom. The van der Waals surface area contributed by atoms with Gasteiger partial charge in [0.05, 0.1) is 18.2 Å². The van der Waals surface area contributed by atoms with Gasteiger partial charge in [-0.25, -0.2) is 4.39 Å². The fourth-order valence-corrected chi connectivity index (χ4v) is 4.04. The monoisotopic (exact) mass is 459 g/mol. The Hall–Kier alpha value is -3.93. The van der Waals surface area contributed by atoms with Gasteiger partial charge in [0.15, 0.2) is 0 Å². The zero-order chi connectivity index (χ0) is 24.1. The zero-order valence-corrected chi connectivity index (χ0v) is 18.9. The van der Waals surface area contributed by atoms with E-state index >= 15 is 0 Å². The Kier molecular flexibility index (Phi) is 7.07. The molecule has 0 spiro atoms. The number of hydrogen-bond donors (Lipinski definition) is 1. The first-order chi connectivity index (χ1) is 16.5. The summed E-state index contributed by atoms with van der Waals surface area (Å²) in [4.78, 5) is 27.6. The Morgan fingerprint density at radius 1 is 1.00 bits per heavy atom. The number of carbonyl (C=O) groups excluding carboxylic acids is 2. The van der Waals surface area contributed by atoms with Gasteiger partial charge in [-0.1, -0.05) is 67.9 Å². The molecule has 0 radical (unpaired) electrons. The molecule has 1 unspecified atom stereocenters. The normalized spacial score (nSPS) is 17.2. The van der Waals surface area contributed by atoms with Gasteiger partial charge in [-0.15, -0.1) is 0 Å². The molecule has 174 valence electrons. The van der Waals surface area contributed by atoms with Crippen molar-refractivity contribution in [2.75, 3.05) is 6.61 Å². The van der Waals surface area contributed by atoms with Crippen LogP contribution in [0, 0.1) is 5.82 Å². The molecule has 34 heavy (non-hydrogen) atoms. The fraction of sp³-hybridized carbons (Fsp3) is 0.214. The lowest BCUT2D eigenvalue weighted by Gasteiger charge is -2.25. The van der Waals surface area contributed by atoms with Crippen molar-refractivity contribution < 1.29 is 23.8 Å². The topological polar surface area (TPSA) is 66.8 Å². The maximum absolute atomic E-state index is 13.6. The highest BCUT2D eigenvalue weighted by Gasteiger charge is 2.46. The number of benzene rings is 3. The maximum atomic E-state index is 13.6. The van der Waals surface area contributed by atoms with Gasteiger partial charge < -0.3 is 14.7 Å². The second kappa shape index (κ2) is 10.3. The number of halogens is 1. The number of likely N-dealkylation sites (tertiary alicyclic amines) is 1. The number of nitrogens with zero attached hydrogens (tertiary/aromatic N) is 1. The molecule has 6 heteroatoms. The van der Waals surface area contributed by atoms with Gasteiger partial charge >= 0.3 is 0 Å². The molecular weight excluding hydrogens is 433 g/mol. The van der Waals surface area contributed by atoms with Gasteiger partial charge in [0, 0.05) is 12.1 Å². The van der Waals surface area contributed by atoms with E-state index in [1.54, 1.807) is 24.3 Å². The van der Waals surface area contributed by atoms with Gasteiger partial charge in [-0.2, -0.15) is 0 Å². The first-order valence-electron chi connectivity index (χ1n) is 11.3. The number of aliphatic hydroxyl groups excluding tert-OH is 1. The molecule has 1 atom stereocenters. The van der Waals surface area contributed by atoms with Crippen molar-refractivity contribution in [3.05, 3.63) is 107 Å². The summed E-state index contributed by atoms with van der Waals surface area (Å²) in [7, 11) is 0. The number of ketones is 1. The average molecular weight is 460 g/mol. The van der Waals surface area contributed by atoms with Crippen LogP contribution in [0.4, 0.5) is 4.39 Å². The number of carbonyl (C=O) groups is 2. The molecule has 3 aromatic carbocycles. The Bertz CT molecular complexity index is 1200. The average Bonchev–Trinajstić information content (AvgIpc) is 3.10. The van der Waals surface area contributed by atoms with E-state index in [1.807, 2.05) is 30.3 Å². The molecule has 1 aliphatic heterocycles. The third kappa shape index (κ3) is 4.86. The largest absolute Gasteiger partial charge is 0.507 e. The quantitative estimate of drug-likeness (QED) is 0.205. The van der Waals surface area contributed by atoms with Gasteiger partial charge in [0.25, 0.3) is 11.7 Å². The van der Waals surface area contributed by atoms with E-state index in [2.05, 4.69) is 6.92 Å². The van der Waals surface area contributed by atoms with Crippen LogP contribution < -0.4 is 4.74 Å². The summed E-state index contributed by atoms with van der Waals surface area (Å²) in [6, 6.07) is 20.9. The van der Waals surface area contributed by atoms with Crippen molar-refractivity contribution in [3.8, 4) is 5.75 Å². The number of hydrogen-bond acceptors (Lipinski definition) is 4. The van der Waals surface area contributed by atoms with E-state index in [1.165, 1.54) is 29.2 Å². The molecule has 0 bridgehead atoms. The van der Waals surface area contributed by atoms with Crippen molar-refractivity contribution >= 4 is 17.4 Å². The molecule has 1 saturated heterocycles. The third-order valence-corrected chi connectivity index (χ3v) is 5.80. The van der Waals surface area contributed by atoms with E-state index in [0.29, 0.717) is 23.5 Å². The SMILES string of the molecule is CCCCOc1cccc(/C(O)=C2\C(=O)C(=O)N(Cc3ccccc3)C2c2ccc(F)cc2)c1. The van der Waals surface area contributed by atoms with Crippen molar-refractivity contribution in [2.24, 2.45) is 0 Å². The summed E-state index contributed by atoms with van der Waals surface area (Å²) in [6.45, 7) is 2.78. The first kappa shape index (κ1) is 23.2. The van der Waals surface area contributed by atoms with E-state index in [0.717, 1.165) is 18.4 Å². The number of amides is 1. The highest BCUT2D eigenvalue weighted by atomic mass is 19.1. The minimum atomic E-state index is -0.856. The molecule has 0 aliphatic carbocycles. The summed E-state index contributed by atoms with van der Waals surface area (Å²) < 4.78 is 19.4. The van der Waals surface area contributed by atoms with Gasteiger partial charge in [-0.3, -0.25) is 9.59 Å². The summed E-state index contributed by atoms with van der Waals surface area (Å²) in [5.74, 6) is -1.64. The van der Waals surface area contributed by atoms with Crippen molar-refractivity contribution in [1.29, 1.82) is 0 Å². The lowest BCUT2D eigenvalue weighted by Crippen LogP contribution is -2.29. The number of unbranched alkanes of at least 4 members (excludes halogenated alkanes) is 1. The molecule has 1 amide bonds. The molecule has 3 aromatic rings. The smallest absolute Gasteiger partial charge is 0.295 e. The van der Waals surface area contributed by atoms with Crippen LogP contribution in [-0.4, -0.2) is 28.3 Å². The number of Topliss-reactive ketones (excluding diaryl/α,β-unsaturated/α-hetero) is 1. The molecule has 1 aliphatic rings. The van der Waals surface area contributed by atoms with Gasteiger partial charge in [-0.05, 0) is 41.8 Å². The standard InChI is InChI=1S/C28H26FNO4/c1-2-3-16-34-23-11-7-10-21(17-23)26(31)24-25(20-12-14-22(29)15-13-20)30(28(33)27(24)32)18-19-8-5-4-6-9-19/h4-15,17,25,31H,2-3,16,18H2,1H3/b26-24+. The molecule has 0 aromatic heterocycles. The van der Waals surface area contributed by atoms with Crippen LogP contribution in [0.1, 0.15) is 42.5 Å². The zero-order valence-electron chi connectivity index (χ0n) is 18.9. The Balaban J connectivity index is 1.78. The molecule has 5 nitrogen and oxygen atoms in total.